The smallest absolute Gasteiger partial charge is 0.409 e. The van der Waals surface area contributed by atoms with Gasteiger partial charge in [0.2, 0.25) is 0 Å². The molecule has 0 bridgehead atoms. The fourth-order valence-electron chi connectivity index (χ4n) is 1.69. The van der Waals surface area contributed by atoms with Crippen molar-refractivity contribution < 1.29 is 14.6 Å². The summed E-state index contributed by atoms with van der Waals surface area (Å²) in [6.45, 7) is 4.99. The molecule has 0 saturated carbocycles. The van der Waals surface area contributed by atoms with Crippen molar-refractivity contribution in [2.75, 3.05) is 13.2 Å². The van der Waals surface area contributed by atoms with Crippen LogP contribution in [0.1, 0.15) is 33.1 Å². The van der Waals surface area contributed by atoms with E-state index in [9.17, 15) is 9.90 Å². The number of carbonyl (C=O) groups is 1. The molecule has 1 fully saturated rings. The maximum atomic E-state index is 11.5. The normalized spacial score (nSPS) is 27.5. The summed E-state index contributed by atoms with van der Waals surface area (Å²) in [4.78, 5) is 13.2. The number of nitrogens with zero attached hydrogens (tertiary/aromatic N) is 1. The maximum Gasteiger partial charge on any atom is 0.409 e. The summed E-state index contributed by atoms with van der Waals surface area (Å²) in [5.74, 6) is 0. The lowest BCUT2D eigenvalue weighted by atomic mass is 10.0. The second kappa shape index (κ2) is 5.20. The summed E-state index contributed by atoms with van der Waals surface area (Å²) in [7, 11) is 0. The van der Waals surface area contributed by atoms with Crippen LogP contribution in [-0.2, 0) is 4.74 Å². The average molecular weight is 201 g/mol. The van der Waals surface area contributed by atoms with E-state index in [-0.39, 0.29) is 18.2 Å². The van der Waals surface area contributed by atoms with E-state index in [1.165, 1.54) is 0 Å². The molecule has 1 saturated heterocycles. The van der Waals surface area contributed by atoms with Crippen LogP contribution in [0.2, 0.25) is 0 Å². The molecule has 0 aromatic heterocycles. The number of likely N-dealkylation sites (tertiary alicyclic amines) is 1. The molecule has 82 valence electrons. The Hall–Kier alpha value is -0.770. The first kappa shape index (κ1) is 11.3. The van der Waals surface area contributed by atoms with Gasteiger partial charge in [-0.15, -0.1) is 0 Å². The predicted molar refractivity (Wildman–Crippen MR) is 53.0 cm³/mol. The molecule has 0 spiro atoms. The SMILES string of the molecule is CCCOC(=O)N1CCC(O)CC1C. The lowest BCUT2D eigenvalue weighted by Gasteiger charge is -2.34. The number of aliphatic hydroxyl groups is 1. The third-order valence-corrected chi connectivity index (χ3v) is 2.51. The third kappa shape index (κ3) is 2.87. The van der Waals surface area contributed by atoms with E-state index in [1.807, 2.05) is 13.8 Å². The molecule has 0 aromatic rings. The molecule has 4 nitrogen and oxygen atoms in total. The van der Waals surface area contributed by atoms with Crippen molar-refractivity contribution in [3.05, 3.63) is 0 Å². The van der Waals surface area contributed by atoms with E-state index in [0.717, 1.165) is 6.42 Å². The van der Waals surface area contributed by atoms with Crippen molar-refractivity contribution in [2.24, 2.45) is 0 Å². The van der Waals surface area contributed by atoms with Gasteiger partial charge in [-0.25, -0.2) is 4.79 Å². The van der Waals surface area contributed by atoms with Crippen LogP contribution in [0.3, 0.4) is 0 Å². The lowest BCUT2D eigenvalue weighted by Crippen LogP contribution is -2.46. The Bertz CT molecular complexity index is 196. The first-order chi connectivity index (χ1) is 6.65. The predicted octanol–water partition coefficient (Wildman–Crippen LogP) is 1.38. The second-order valence-corrected chi connectivity index (χ2v) is 3.83. The zero-order valence-corrected chi connectivity index (χ0v) is 8.90. The molecule has 0 aromatic carbocycles. The summed E-state index contributed by atoms with van der Waals surface area (Å²) >= 11 is 0. The van der Waals surface area contributed by atoms with E-state index in [1.54, 1.807) is 4.90 Å². The number of carbonyl (C=O) groups excluding carboxylic acids is 1. The first-order valence-electron chi connectivity index (χ1n) is 5.26. The molecule has 14 heavy (non-hydrogen) atoms. The standard InChI is InChI=1S/C10H19NO3/c1-3-6-14-10(13)11-5-4-9(12)7-8(11)2/h8-9,12H,3-7H2,1-2H3. The molecule has 2 atom stereocenters. The Kier molecular flexibility index (Phi) is 4.20. The van der Waals surface area contributed by atoms with E-state index in [2.05, 4.69) is 0 Å². The summed E-state index contributed by atoms with van der Waals surface area (Å²) in [6.07, 6.45) is 1.65. The number of hydrogen-bond donors (Lipinski definition) is 1. The molecule has 1 aliphatic rings. The lowest BCUT2D eigenvalue weighted by molar-refractivity contribution is 0.0344. The van der Waals surface area contributed by atoms with Gasteiger partial charge < -0.3 is 14.7 Å². The Labute approximate surface area is 84.8 Å². The van der Waals surface area contributed by atoms with Crippen LogP contribution in [0.4, 0.5) is 4.79 Å². The van der Waals surface area contributed by atoms with Gasteiger partial charge in [-0.1, -0.05) is 6.92 Å². The van der Waals surface area contributed by atoms with E-state index in [4.69, 9.17) is 4.74 Å². The molecule has 1 rings (SSSR count). The molecular weight excluding hydrogens is 182 g/mol. The van der Waals surface area contributed by atoms with Gasteiger partial charge in [0.05, 0.1) is 12.7 Å². The van der Waals surface area contributed by atoms with Gasteiger partial charge in [0.15, 0.2) is 0 Å². The molecule has 1 N–H and O–H groups in total. The van der Waals surface area contributed by atoms with Crippen LogP contribution in [0.5, 0.6) is 0 Å². The van der Waals surface area contributed by atoms with Crippen molar-refractivity contribution in [3.63, 3.8) is 0 Å². The average Bonchev–Trinajstić information content (AvgIpc) is 2.14. The van der Waals surface area contributed by atoms with Crippen molar-refractivity contribution in [3.8, 4) is 0 Å². The highest BCUT2D eigenvalue weighted by atomic mass is 16.6. The number of piperidine rings is 1. The van der Waals surface area contributed by atoms with E-state index >= 15 is 0 Å². The molecular formula is C10H19NO3. The fourth-order valence-corrected chi connectivity index (χ4v) is 1.69. The zero-order valence-electron chi connectivity index (χ0n) is 8.90. The van der Waals surface area contributed by atoms with Gasteiger partial charge in [-0.2, -0.15) is 0 Å². The Balaban J connectivity index is 2.39. The topological polar surface area (TPSA) is 49.8 Å². The first-order valence-corrected chi connectivity index (χ1v) is 5.26. The Morgan fingerprint density at radius 2 is 2.36 bits per heavy atom. The molecule has 0 radical (unpaired) electrons. The van der Waals surface area contributed by atoms with Crippen LogP contribution in [0.15, 0.2) is 0 Å². The van der Waals surface area contributed by atoms with Crippen LogP contribution in [0.25, 0.3) is 0 Å². The minimum absolute atomic E-state index is 0.0862. The van der Waals surface area contributed by atoms with Gasteiger partial charge in [-0.05, 0) is 26.2 Å². The summed E-state index contributed by atoms with van der Waals surface area (Å²) in [5, 5.41) is 9.38. The molecule has 1 amide bonds. The Morgan fingerprint density at radius 1 is 1.64 bits per heavy atom. The number of amides is 1. The quantitative estimate of drug-likeness (QED) is 0.734. The fraction of sp³-hybridized carbons (Fsp3) is 0.900. The zero-order chi connectivity index (χ0) is 10.6. The highest BCUT2D eigenvalue weighted by molar-refractivity contribution is 5.68. The van der Waals surface area contributed by atoms with Crippen LogP contribution in [0, 0.1) is 0 Å². The second-order valence-electron chi connectivity index (χ2n) is 3.83. The highest BCUT2D eigenvalue weighted by Crippen LogP contribution is 2.17. The van der Waals surface area contributed by atoms with Crippen molar-refractivity contribution in [1.82, 2.24) is 4.90 Å². The molecule has 0 aliphatic carbocycles. The van der Waals surface area contributed by atoms with Gasteiger partial charge >= 0.3 is 6.09 Å². The number of aliphatic hydroxyl groups excluding tert-OH is 1. The number of ether oxygens (including phenoxy) is 1. The summed E-state index contributed by atoms with van der Waals surface area (Å²) in [5.41, 5.74) is 0. The van der Waals surface area contributed by atoms with Crippen molar-refractivity contribution in [2.45, 2.75) is 45.3 Å². The highest BCUT2D eigenvalue weighted by Gasteiger charge is 2.28. The monoisotopic (exact) mass is 201 g/mol. The van der Waals surface area contributed by atoms with Crippen LogP contribution in [-0.4, -0.2) is 41.4 Å². The van der Waals surface area contributed by atoms with Crippen LogP contribution < -0.4 is 0 Å². The maximum absolute atomic E-state index is 11.5. The largest absolute Gasteiger partial charge is 0.449 e. The Morgan fingerprint density at radius 3 is 2.93 bits per heavy atom. The van der Waals surface area contributed by atoms with Gasteiger partial charge in [0, 0.05) is 12.6 Å². The number of hydrogen-bond acceptors (Lipinski definition) is 3. The van der Waals surface area contributed by atoms with Gasteiger partial charge in [0.1, 0.15) is 0 Å². The summed E-state index contributed by atoms with van der Waals surface area (Å²) < 4.78 is 5.04. The van der Waals surface area contributed by atoms with Gasteiger partial charge in [-0.3, -0.25) is 0 Å². The molecule has 1 aliphatic heterocycles. The minimum atomic E-state index is -0.264. The molecule has 2 unspecified atom stereocenters. The van der Waals surface area contributed by atoms with E-state index < -0.39 is 0 Å². The van der Waals surface area contributed by atoms with Crippen molar-refractivity contribution in [1.29, 1.82) is 0 Å². The third-order valence-electron chi connectivity index (χ3n) is 2.51. The summed E-state index contributed by atoms with van der Waals surface area (Å²) in [6, 6.07) is 0.0862. The van der Waals surface area contributed by atoms with E-state index in [0.29, 0.717) is 26.0 Å². The van der Waals surface area contributed by atoms with Crippen LogP contribution >= 0.6 is 0 Å². The minimum Gasteiger partial charge on any atom is -0.449 e. The molecule has 4 heteroatoms. The number of rotatable bonds is 2. The molecule has 1 heterocycles. The van der Waals surface area contributed by atoms with Crippen molar-refractivity contribution >= 4 is 6.09 Å². The van der Waals surface area contributed by atoms with Gasteiger partial charge in [0.25, 0.3) is 0 Å².